The van der Waals surface area contributed by atoms with E-state index in [0.717, 1.165) is 6.42 Å². The third-order valence-electron chi connectivity index (χ3n) is 8.24. The molecule has 49 heavy (non-hydrogen) atoms. The molecule has 0 saturated carbocycles. The van der Waals surface area contributed by atoms with Crippen LogP contribution in [0.25, 0.3) is 43.8 Å². The van der Waals surface area contributed by atoms with Crippen LogP contribution < -0.4 is 0 Å². The van der Waals surface area contributed by atoms with Gasteiger partial charge in [0, 0.05) is 0 Å². The zero-order valence-corrected chi connectivity index (χ0v) is 36.4. The number of fused-ring (bicyclic) bond motifs is 2. The molecule has 262 valence electrons. The average Bonchev–Trinajstić information content (AvgIpc) is 3.70. The topological polar surface area (TPSA) is 0 Å². The van der Waals surface area contributed by atoms with Gasteiger partial charge in [0.1, 0.15) is 0 Å². The fraction of sp³-hybridized carbons (Fsp3) is 0.289. The molecule has 0 saturated heterocycles. The first-order valence-corrected chi connectivity index (χ1v) is 20.9. The standard InChI is InChI=1S/C21H23.C20H21.2C2H5.2ClH.Si.Zr/c1-5-15-13-17-7-6-8-19(20(17)14-15)16-9-11-18(12-10-16)21(2,3)4;1-14-12-16-6-5-7-18(19(16)13-14)15-8-10-17(11-9-15)20(2,3)4;2*1-2;;;;/h6-14H,5H2,1-4H3;5-13H,1-4H3;2*1H2,2H3;2*1H;;/q4*-1;;;;. The van der Waals surface area contributed by atoms with Crippen LogP contribution in [0, 0.1) is 20.8 Å². The Labute approximate surface area is 328 Å². The van der Waals surface area contributed by atoms with Crippen LogP contribution in [0.15, 0.2) is 109 Å². The molecular weight excluding hydrogens is 731 g/mol. The molecule has 0 aliphatic rings. The van der Waals surface area contributed by atoms with Gasteiger partial charge in [-0.2, -0.15) is 26.0 Å². The molecular formula is C45H56Cl2SiZr-4. The molecule has 4 heteroatoms. The van der Waals surface area contributed by atoms with E-state index in [1.165, 1.54) is 89.4 Å². The third kappa shape index (κ3) is 12.5. The molecule has 0 spiro atoms. The minimum absolute atomic E-state index is 0. The van der Waals surface area contributed by atoms with E-state index in [4.69, 9.17) is 0 Å². The Morgan fingerprint density at radius 2 is 0.939 bits per heavy atom. The molecule has 0 aliphatic heterocycles. The summed E-state index contributed by atoms with van der Waals surface area (Å²) in [5.74, 6) is 0. The van der Waals surface area contributed by atoms with Crippen LogP contribution >= 0.6 is 24.8 Å². The molecule has 0 atom stereocenters. The predicted molar refractivity (Wildman–Crippen MR) is 224 cm³/mol. The SMILES string of the molecule is CCc1cc2c(-c3ccc(C(C)(C)C)cc3)cccc2[cH-]1.Cc1cc2c(-c3ccc(C(C)(C)C)cc3)cccc2[cH-]1.Cl.Cl.[CH2-]C.[CH2-]C.[Si]=[Zr]. The molecule has 0 fully saturated rings. The molecule has 0 unspecified atom stereocenters. The van der Waals surface area contributed by atoms with E-state index in [0.29, 0.717) is 0 Å². The zero-order chi connectivity index (χ0) is 35.4. The van der Waals surface area contributed by atoms with Gasteiger partial charge in [0.2, 0.25) is 0 Å². The van der Waals surface area contributed by atoms with Crippen LogP contribution in [-0.4, -0.2) is 6.88 Å². The second-order valence-electron chi connectivity index (χ2n) is 13.5. The fourth-order valence-corrected chi connectivity index (χ4v) is 5.69. The van der Waals surface area contributed by atoms with Crippen LogP contribution in [0.4, 0.5) is 0 Å². The molecule has 0 aliphatic carbocycles. The van der Waals surface area contributed by atoms with E-state index in [1.807, 2.05) is 0 Å². The first-order chi connectivity index (χ1) is 22.4. The molecule has 0 N–H and O–H groups in total. The molecule has 2 radical (unpaired) electrons. The maximum atomic E-state index is 3.25. The van der Waals surface area contributed by atoms with Crippen LogP contribution in [0.1, 0.15) is 84.6 Å². The van der Waals surface area contributed by atoms with E-state index in [9.17, 15) is 0 Å². The molecule has 6 rings (SSSR count). The molecule has 0 nitrogen and oxygen atoms in total. The first-order valence-electron chi connectivity index (χ1n) is 16.7. The number of halogens is 2. The van der Waals surface area contributed by atoms with Crippen LogP contribution in [0.2, 0.25) is 0 Å². The van der Waals surface area contributed by atoms with Crippen molar-refractivity contribution in [2.24, 2.45) is 0 Å². The summed E-state index contributed by atoms with van der Waals surface area (Å²) in [6.07, 6.45) is 1.09. The van der Waals surface area contributed by atoms with E-state index >= 15 is 0 Å². The summed E-state index contributed by atoms with van der Waals surface area (Å²) in [6, 6.07) is 40.4. The van der Waals surface area contributed by atoms with Gasteiger partial charge < -0.3 is 13.8 Å². The molecule has 0 amide bonds. The van der Waals surface area contributed by atoms with Crippen molar-refractivity contribution in [3.8, 4) is 22.3 Å². The quantitative estimate of drug-likeness (QED) is 0.124. The Kier molecular flexibility index (Phi) is 20.9. The molecule has 0 aromatic heterocycles. The number of aryl methyl sites for hydroxylation is 2. The number of benzene rings is 4. The van der Waals surface area contributed by atoms with Crippen molar-refractivity contribution >= 4 is 53.2 Å². The summed E-state index contributed by atoms with van der Waals surface area (Å²) in [5, 5.41) is 5.41. The van der Waals surface area contributed by atoms with E-state index in [1.54, 1.807) is 13.8 Å². The van der Waals surface area contributed by atoms with Crippen molar-refractivity contribution in [3.63, 3.8) is 0 Å². The summed E-state index contributed by atoms with van der Waals surface area (Å²) in [4.78, 5) is 0. The third-order valence-corrected chi connectivity index (χ3v) is 8.24. The summed E-state index contributed by atoms with van der Waals surface area (Å²) in [5.41, 5.74) is 11.2. The molecule has 6 aromatic carbocycles. The van der Waals surface area contributed by atoms with Gasteiger partial charge in [0.05, 0.1) is 0 Å². The van der Waals surface area contributed by atoms with Crippen LogP contribution in [-0.2, 0) is 40.6 Å². The van der Waals surface area contributed by atoms with Crippen molar-refractivity contribution in [2.45, 2.75) is 86.5 Å². The van der Waals surface area contributed by atoms with Gasteiger partial charge in [-0.3, -0.25) is 0 Å². The van der Waals surface area contributed by atoms with Crippen molar-refractivity contribution in [1.29, 1.82) is 0 Å². The Morgan fingerprint density at radius 1 is 0.571 bits per heavy atom. The van der Waals surface area contributed by atoms with Crippen molar-refractivity contribution in [1.82, 2.24) is 0 Å². The average molecular weight is 787 g/mol. The van der Waals surface area contributed by atoms with Crippen molar-refractivity contribution in [3.05, 3.63) is 145 Å². The predicted octanol–water partition coefficient (Wildman–Crippen LogP) is 14.1. The van der Waals surface area contributed by atoms with Gasteiger partial charge in [0.15, 0.2) is 0 Å². The van der Waals surface area contributed by atoms with Crippen LogP contribution in [0.5, 0.6) is 0 Å². The van der Waals surface area contributed by atoms with Gasteiger partial charge in [-0.25, -0.2) is 0 Å². The van der Waals surface area contributed by atoms with E-state index in [-0.39, 0.29) is 35.6 Å². The summed E-state index contributed by atoms with van der Waals surface area (Å²) >= 11 is 1.36. The van der Waals surface area contributed by atoms with Crippen LogP contribution in [0.3, 0.4) is 0 Å². The normalized spacial score (nSPS) is 10.3. The van der Waals surface area contributed by atoms with Gasteiger partial charge in [0.25, 0.3) is 0 Å². The van der Waals surface area contributed by atoms with Crippen molar-refractivity contribution in [2.75, 3.05) is 0 Å². The number of hydrogen-bond donors (Lipinski definition) is 0. The second-order valence-corrected chi connectivity index (χ2v) is 13.5. The molecule has 6 aromatic rings. The van der Waals surface area contributed by atoms with Gasteiger partial charge in [-0.15, -0.1) is 93.9 Å². The Balaban J connectivity index is 0.000000789. The minimum atomic E-state index is 0. The summed E-state index contributed by atoms with van der Waals surface area (Å²) in [7, 11) is 0. The fourth-order valence-electron chi connectivity index (χ4n) is 5.69. The Morgan fingerprint density at radius 3 is 1.31 bits per heavy atom. The number of hydrogen-bond acceptors (Lipinski definition) is 0. The summed E-state index contributed by atoms with van der Waals surface area (Å²) in [6.45, 7) is 31.0. The van der Waals surface area contributed by atoms with Gasteiger partial charge in [-0.1, -0.05) is 127 Å². The van der Waals surface area contributed by atoms with Gasteiger partial charge >= 0.3 is 30.2 Å². The number of rotatable bonds is 3. The monoisotopic (exact) mass is 784 g/mol. The maximum absolute atomic E-state index is 3.25. The summed E-state index contributed by atoms with van der Waals surface area (Å²) < 4.78 is 0. The zero-order valence-electron chi connectivity index (χ0n) is 31.3. The second kappa shape index (κ2) is 21.9. The van der Waals surface area contributed by atoms with Gasteiger partial charge in [-0.05, 0) is 39.5 Å². The molecule has 0 heterocycles. The molecule has 0 bridgehead atoms. The Hall–Kier alpha value is -2.22. The Bertz CT molecular complexity index is 1790. The van der Waals surface area contributed by atoms with E-state index in [2.05, 4.69) is 185 Å². The van der Waals surface area contributed by atoms with E-state index < -0.39 is 0 Å². The van der Waals surface area contributed by atoms with Crippen molar-refractivity contribution < 1.29 is 23.3 Å². The first kappa shape index (κ1) is 46.8.